The molecule has 0 heterocycles. The van der Waals surface area contributed by atoms with Crippen molar-refractivity contribution in [2.45, 2.75) is 24.7 Å². The molecule has 0 atom stereocenters. The van der Waals surface area contributed by atoms with E-state index in [1.165, 1.54) is 30.3 Å². The Morgan fingerprint density at radius 2 is 1.62 bits per heavy atom. The molecule has 0 aliphatic heterocycles. The zero-order valence-electron chi connectivity index (χ0n) is 16.0. The molecular formula is C22H21FN2O3S. The standard InChI is InChI=1S/C22H21FN2O3S/c1-15(2)20-8-3-4-9-21(20)24-22(26)16-6-5-7-19(14-16)29(27,28)25-18-12-10-17(23)11-13-18/h3-15,25H,1-2H3,(H,24,26). The van der Waals surface area contributed by atoms with E-state index in [1.54, 1.807) is 6.07 Å². The van der Waals surface area contributed by atoms with Gasteiger partial charge in [0.2, 0.25) is 0 Å². The third-order valence-corrected chi connectivity index (χ3v) is 5.71. The number of amides is 1. The van der Waals surface area contributed by atoms with Crippen LogP contribution in [0.2, 0.25) is 0 Å². The van der Waals surface area contributed by atoms with Crippen molar-refractivity contribution in [3.63, 3.8) is 0 Å². The highest BCUT2D eigenvalue weighted by Gasteiger charge is 2.17. The van der Waals surface area contributed by atoms with Gasteiger partial charge < -0.3 is 5.32 Å². The van der Waals surface area contributed by atoms with E-state index in [0.717, 1.165) is 17.7 Å². The van der Waals surface area contributed by atoms with Crippen molar-refractivity contribution in [3.8, 4) is 0 Å². The molecule has 7 heteroatoms. The van der Waals surface area contributed by atoms with Crippen molar-refractivity contribution in [2.75, 3.05) is 10.0 Å². The summed E-state index contributed by atoms with van der Waals surface area (Å²) >= 11 is 0. The second kappa shape index (κ2) is 8.45. The summed E-state index contributed by atoms with van der Waals surface area (Å²) in [5.74, 6) is -0.650. The first-order valence-electron chi connectivity index (χ1n) is 9.05. The van der Waals surface area contributed by atoms with E-state index < -0.39 is 21.7 Å². The summed E-state index contributed by atoms with van der Waals surface area (Å²) in [6, 6.07) is 18.2. The smallest absolute Gasteiger partial charge is 0.261 e. The minimum absolute atomic E-state index is 0.0633. The summed E-state index contributed by atoms with van der Waals surface area (Å²) in [5, 5.41) is 2.85. The van der Waals surface area contributed by atoms with Crippen LogP contribution in [0.25, 0.3) is 0 Å². The van der Waals surface area contributed by atoms with Crippen LogP contribution in [0.5, 0.6) is 0 Å². The molecule has 0 spiro atoms. The number of halogens is 1. The molecule has 2 N–H and O–H groups in total. The van der Waals surface area contributed by atoms with Gasteiger partial charge in [0.05, 0.1) is 4.90 Å². The minimum Gasteiger partial charge on any atom is -0.322 e. The average molecular weight is 412 g/mol. The van der Waals surface area contributed by atoms with Gasteiger partial charge in [-0.2, -0.15) is 0 Å². The minimum atomic E-state index is -3.93. The lowest BCUT2D eigenvalue weighted by atomic mass is 10.0. The van der Waals surface area contributed by atoms with Gasteiger partial charge >= 0.3 is 0 Å². The van der Waals surface area contributed by atoms with Crippen LogP contribution in [0.3, 0.4) is 0 Å². The summed E-state index contributed by atoms with van der Waals surface area (Å²) in [7, 11) is -3.93. The molecule has 5 nitrogen and oxygen atoms in total. The van der Waals surface area contributed by atoms with E-state index in [1.807, 2.05) is 38.1 Å². The lowest BCUT2D eigenvalue weighted by molar-refractivity contribution is 0.102. The molecule has 0 saturated carbocycles. The number of nitrogens with one attached hydrogen (secondary N) is 2. The van der Waals surface area contributed by atoms with Crippen molar-refractivity contribution in [3.05, 3.63) is 89.7 Å². The fourth-order valence-electron chi connectivity index (χ4n) is 2.85. The molecule has 3 aromatic carbocycles. The van der Waals surface area contributed by atoms with Crippen molar-refractivity contribution in [1.82, 2.24) is 0 Å². The Hall–Kier alpha value is -3.19. The van der Waals surface area contributed by atoms with Gasteiger partial charge in [0.15, 0.2) is 0 Å². The van der Waals surface area contributed by atoms with Gasteiger partial charge in [0.25, 0.3) is 15.9 Å². The number of carbonyl (C=O) groups excluding carboxylic acids is 1. The maximum Gasteiger partial charge on any atom is 0.261 e. The van der Waals surface area contributed by atoms with Gasteiger partial charge in [0.1, 0.15) is 5.82 Å². The fourth-order valence-corrected chi connectivity index (χ4v) is 3.95. The number of para-hydroxylation sites is 1. The van der Waals surface area contributed by atoms with E-state index in [4.69, 9.17) is 0 Å². The van der Waals surface area contributed by atoms with Crippen LogP contribution >= 0.6 is 0 Å². The molecule has 0 unspecified atom stereocenters. The Kier molecular flexibility index (Phi) is 5.98. The number of anilines is 2. The van der Waals surface area contributed by atoms with Crippen molar-refractivity contribution in [1.29, 1.82) is 0 Å². The quantitative estimate of drug-likeness (QED) is 0.598. The molecule has 0 radical (unpaired) electrons. The molecule has 3 rings (SSSR count). The number of rotatable bonds is 6. The topological polar surface area (TPSA) is 75.3 Å². The zero-order chi connectivity index (χ0) is 21.0. The summed E-state index contributed by atoms with van der Waals surface area (Å²) in [5.41, 5.74) is 2.12. The maximum atomic E-state index is 13.0. The van der Waals surface area contributed by atoms with E-state index >= 15 is 0 Å². The third-order valence-electron chi connectivity index (χ3n) is 4.33. The second-order valence-electron chi connectivity index (χ2n) is 6.84. The predicted molar refractivity (Wildman–Crippen MR) is 112 cm³/mol. The Labute approximate surface area is 169 Å². The van der Waals surface area contributed by atoms with E-state index in [0.29, 0.717) is 5.69 Å². The molecule has 0 saturated heterocycles. The van der Waals surface area contributed by atoms with Crippen molar-refractivity contribution < 1.29 is 17.6 Å². The second-order valence-corrected chi connectivity index (χ2v) is 8.52. The van der Waals surface area contributed by atoms with Crippen LogP contribution in [-0.4, -0.2) is 14.3 Å². The van der Waals surface area contributed by atoms with E-state index in [2.05, 4.69) is 10.0 Å². The van der Waals surface area contributed by atoms with Crippen LogP contribution in [0.1, 0.15) is 35.7 Å². The molecule has 0 bridgehead atoms. The summed E-state index contributed by atoms with van der Waals surface area (Å²) < 4.78 is 40.6. The van der Waals surface area contributed by atoms with Crippen LogP contribution in [0, 0.1) is 5.82 Å². The summed E-state index contributed by atoms with van der Waals surface area (Å²) in [6.45, 7) is 4.05. The highest BCUT2D eigenvalue weighted by atomic mass is 32.2. The van der Waals surface area contributed by atoms with E-state index in [9.17, 15) is 17.6 Å². The molecular weight excluding hydrogens is 391 g/mol. The molecule has 29 heavy (non-hydrogen) atoms. The van der Waals surface area contributed by atoms with Crippen LogP contribution in [-0.2, 0) is 10.0 Å². The van der Waals surface area contributed by atoms with Crippen LogP contribution < -0.4 is 10.0 Å². The largest absolute Gasteiger partial charge is 0.322 e. The van der Waals surface area contributed by atoms with Crippen molar-refractivity contribution in [2.24, 2.45) is 0 Å². The first kappa shape index (κ1) is 20.5. The molecule has 0 aliphatic rings. The predicted octanol–water partition coefficient (Wildman–Crippen LogP) is 5.00. The summed E-state index contributed by atoms with van der Waals surface area (Å²) in [4.78, 5) is 12.6. The van der Waals surface area contributed by atoms with Crippen LogP contribution in [0.4, 0.5) is 15.8 Å². The monoisotopic (exact) mass is 412 g/mol. The Balaban J connectivity index is 1.83. The lowest BCUT2D eigenvalue weighted by Gasteiger charge is -2.14. The van der Waals surface area contributed by atoms with Gasteiger partial charge in [-0.05, 0) is 60.0 Å². The summed E-state index contributed by atoms with van der Waals surface area (Å²) in [6.07, 6.45) is 0. The average Bonchev–Trinajstić information content (AvgIpc) is 2.70. The fraction of sp³-hybridized carbons (Fsp3) is 0.136. The Morgan fingerprint density at radius 1 is 0.931 bits per heavy atom. The number of benzene rings is 3. The first-order chi connectivity index (χ1) is 13.8. The SMILES string of the molecule is CC(C)c1ccccc1NC(=O)c1cccc(S(=O)(=O)Nc2ccc(F)cc2)c1. The first-order valence-corrected chi connectivity index (χ1v) is 10.5. The number of hydrogen-bond acceptors (Lipinski definition) is 3. The normalized spacial score (nSPS) is 11.3. The highest BCUT2D eigenvalue weighted by molar-refractivity contribution is 7.92. The highest BCUT2D eigenvalue weighted by Crippen LogP contribution is 2.24. The molecule has 3 aromatic rings. The molecule has 0 aliphatic carbocycles. The lowest BCUT2D eigenvalue weighted by Crippen LogP contribution is -2.16. The van der Waals surface area contributed by atoms with Crippen LogP contribution in [0.15, 0.2) is 77.7 Å². The van der Waals surface area contributed by atoms with Gasteiger partial charge in [-0.25, -0.2) is 12.8 Å². The Bertz CT molecular complexity index is 1130. The zero-order valence-corrected chi connectivity index (χ0v) is 16.8. The van der Waals surface area contributed by atoms with Gasteiger partial charge in [-0.1, -0.05) is 38.1 Å². The van der Waals surface area contributed by atoms with Crippen molar-refractivity contribution >= 4 is 27.3 Å². The number of hydrogen-bond donors (Lipinski definition) is 2. The van der Waals surface area contributed by atoms with Gasteiger partial charge in [0, 0.05) is 16.9 Å². The number of carbonyl (C=O) groups is 1. The maximum absolute atomic E-state index is 13.0. The molecule has 150 valence electrons. The van der Waals surface area contributed by atoms with Gasteiger partial charge in [-0.15, -0.1) is 0 Å². The van der Waals surface area contributed by atoms with E-state index in [-0.39, 0.29) is 22.1 Å². The van der Waals surface area contributed by atoms with Gasteiger partial charge in [-0.3, -0.25) is 9.52 Å². The molecule has 1 amide bonds. The molecule has 0 fully saturated rings. The number of sulfonamides is 1. The molecule has 0 aromatic heterocycles. The third kappa shape index (κ3) is 5.00. The Morgan fingerprint density at radius 3 is 2.31 bits per heavy atom.